The molecule has 0 spiro atoms. The molecule has 6 nitrogen and oxygen atoms in total. The Kier molecular flexibility index (Phi) is 4.50. The number of sulfonamides is 1. The average Bonchev–Trinajstić information content (AvgIpc) is 2.60. The molecule has 0 atom stereocenters. The minimum Gasteiger partial charge on any atom is -0.504 e. The minimum absolute atomic E-state index is 0.0131. The number of fused-ring (bicyclic) bond motifs is 1. The molecule has 0 aliphatic carbocycles. The first kappa shape index (κ1) is 18.0. The van der Waals surface area contributed by atoms with E-state index in [0.29, 0.717) is 5.56 Å². The third-order valence-corrected chi connectivity index (χ3v) is 6.16. The Hall–Kier alpha value is -2.80. The number of Topliss-reactive ketones (excluding diaryl/α,β-unsaturated/α-hetero) is 1. The fraction of sp³-hybridized carbons (Fsp3) is 0.211. The lowest BCUT2D eigenvalue weighted by Crippen LogP contribution is -2.43. The molecule has 1 heterocycles. The van der Waals surface area contributed by atoms with Gasteiger partial charge in [-0.1, -0.05) is 18.2 Å². The lowest BCUT2D eigenvalue weighted by Gasteiger charge is -2.34. The van der Waals surface area contributed by atoms with Crippen molar-refractivity contribution in [2.24, 2.45) is 0 Å². The highest BCUT2D eigenvalue weighted by Crippen LogP contribution is 2.35. The predicted octanol–water partition coefficient (Wildman–Crippen LogP) is 3.04. The highest BCUT2D eigenvalue weighted by Gasteiger charge is 2.40. The van der Waals surface area contributed by atoms with Gasteiger partial charge in [0.25, 0.3) is 10.0 Å². The molecule has 0 radical (unpaired) electrons. The van der Waals surface area contributed by atoms with E-state index in [4.69, 9.17) is 4.74 Å². The van der Waals surface area contributed by atoms with Gasteiger partial charge in [-0.2, -0.15) is 0 Å². The second-order valence-corrected chi connectivity index (χ2v) is 7.96. The van der Waals surface area contributed by atoms with Crippen molar-refractivity contribution < 1.29 is 23.1 Å². The lowest BCUT2D eigenvalue weighted by atomic mass is 10.0. The third-order valence-electron chi connectivity index (χ3n) is 4.11. The fourth-order valence-electron chi connectivity index (χ4n) is 2.98. The summed E-state index contributed by atoms with van der Waals surface area (Å²) in [5.74, 6) is -0.165. The van der Waals surface area contributed by atoms with Gasteiger partial charge in [-0.25, -0.2) is 8.42 Å². The number of phenols is 1. The van der Waals surface area contributed by atoms with Gasteiger partial charge >= 0.3 is 0 Å². The summed E-state index contributed by atoms with van der Waals surface area (Å²) in [6, 6.07) is 10.3. The molecule has 1 aliphatic heterocycles. The standard InChI is InChI=1S/C19H19NO5S/c1-12(2)20-15(10-13-8-9-16(21)17(11-13)25-3)19(22)14-6-4-5-7-18(14)26(20,23)24/h4-12,21H,1-3H3/b15-10+. The van der Waals surface area contributed by atoms with E-state index in [-0.39, 0.29) is 33.4 Å². The molecular formula is C19H19NO5S. The largest absolute Gasteiger partial charge is 0.504 e. The zero-order chi connectivity index (χ0) is 19.1. The maximum atomic E-state index is 13.0. The molecule has 1 aliphatic rings. The highest BCUT2D eigenvalue weighted by molar-refractivity contribution is 7.89. The molecule has 1 N–H and O–H groups in total. The molecule has 0 aromatic heterocycles. The number of phenolic OH excluding ortho intramolecular Hbond substituents is 1. The summed E-state index contributed by atoms with van der Waals surface area (Å²) in [7, 11) is -2.43. The number of rotatable bonds is 3. The van der Waals surface area contributed by atoms with Gasteiger partial charge in [-0.15, -0.1) is 0 Å². The van der Waals surface area contributed by atoms with Gasteiger partial charge in [-0.05, 0) is 49.8 Å². The lowest BCUT2D eigenvalue weighted by molar-refractivity contribution is 0.0996. The van der Waals surface area contributed by atoms with Crippen LogP contribution < -0.4 is 4.74 Å². The summed E-state index contributed by atoms with van der Waals surface area (Å²) < 4.78 is 32.3. The van der Waals surface area contributed by atoms with Crippen LogP contribution in [-0.4, -0.2) is 36.8 Å². The van der Waals surface area contributed by atoms with Crippen molar-refractivity contribution in [2.75, 3.05) is 7.11 Å². The summed E-state index contributed by atoms with van der Waals surface area (Å²) in [4.78, 5) is 13.0. The Morgan fingerprint density at radius 2 is 1.85 bits per heavy atom. The first-order chi connectivity index (χ1) is 12.3. The molecule has 0 amide bonds. The van der Waals surface area contributed by atoms with Crippen molar-refractivity contribution in [1.82, 2.24) is 4.31 Å². The topological polar surface area (TPSA) is 83.9 Å². The van der Waals surface area contributed by atoms with Gasteiger partial charge in [-0.3, -0.25) is 9.10 Å². The molecular weight excluding hydrogens is 354 g/mol. The number of carbonyl (C=O) groups excluding carboxylic acids is 1. The van der Waals surface area contributed by atoms with Gasteiger partial charge in [0.2, 0.25) is 5.78 Å². The van der Waals surface area contributed by atoms with Crippen LogP contribution in [0, 0.1) is 0 Å². The predicted molar refractivity (Wildman–Crippen MR) is 97.6 cm³/mol. The van der Waals surface area contributed by atoms with Crippen LogP contribution in [0.25, 0.3) is 6.08 Å². The SMILES string of the molecule is COc1cc(/C=C2\C(=O)c3ccccc3S(=O)(=O)N2C(C)C)ccc1O. The van der Waals surface area contributed by atoms with Crippen LogP contribution in [0.15, 0.2) is 53.1 Å². The van der Waals surface area contributed by atoms with E-state index in [1.165, 1.54) is 31.4 Å². The maximum absolute atomic E-state index is 13.0. The molecule has 26 heavy (non-hydrogen) atoms. The maximum Gasteiger partial charge on any atom is 0.265 e. The third kappa shape index (κ3) is 2.84. The Bertz CT molecular complexity index is 1010. The number of benzene rings is 2. The van der Waals surface area contributed by atoms with Crippen LogP contribution in [0.4, 0.5) is 0 Å². The number of hydrogen-bond acceptors (Lipinski definition) is 5. The molecule has 0 saturated heterocycles. The van der Waals surface area contributed by atoms with Crippen LogP contribution >= 0.6 is 0 Å². The van der Waals surface area contributed by atoms with E-state index in [0.717, 1.165) is 4.31 Å². The second kappa shape index (κ2) is 6.49. The van der Waals surface area contributed by atoms with Gasteiger partial charge in [0.05, 0.1) is 12.0 Å². The molecule has 2 aromatic carbocycles. The van der Waals surface area contributed by atoms with E-state index in [2.05, 4.69) is 0 Å². The molecule has 7 heteroatoms. The Morgan fingerprint density at radius 1 is 1.15 bits per heavy atom. The molecule has 0 fully saturated rings. The van der Waals surface area contributed by atoms with Crippen LogP contribution in [0.3, 0.4) is 0 Å². The molecule has 3 rings (SSSR count). The van der Waals surface area contributed by atoms with Crippen molar-refractivity contribution >= 4 is 21.9 Å². The van der Waals surface area contributed by atoms with Crippen LogP contribution in [-0.2, 0) is 10.0 Å². The Labute approximate surface area is 152 Å². The first-order valence-corrected chi connectivity index (χ1v) is 9.48. The molecule has 0 bridgehead atoms. The minimum atomic E-state index is -3.84. The number of methoxy groups -OCH3 is 1. The van der Waals surface area contributed by atoms with Gasteiger partial charge in [0.15, 0.2) is 11.5 Å². The van der Waals surface area contributed by atoms with Crippen molar-refractivity contribution in [1.29, 1.82) is 0 Å². The van der Waals surface area contributed by atoms with E-state index in [1.54, 1.807) is 38.1 Å². The molecule has 0 saturated carbocycles. The zero-order valence-electron chi connectivity index (χ0n) is 14.6. The molecule has 136 valence electrons. The zero-order valence-corrected chi connectivity index (χ0v) is 15.4. The summed E-state index contributed by atoms with van der Waals surface area (Å²) in [5.41, 5.74) is 0.760. The second-order valence-electron chi connectivity index (χ2n) is 6.18. The number of carbonyl (C=O) groups is 1. The monoisotopic (exact) mass is 373 g/mol. The van der Waals surface area contributed by atoms with Crippen LogP contribution in [0.2, 0.25) is 0 Å². The van der Waals surface area contributed by atoms with Gasteiger partial charge < -0.3 is 9.84 Å². The normalized spacial score (nSPS) is 17.5. The van der Waals surface area contributed by atoms with Crippen molar-refractivity contribution in [3.8, 4) is 11.5 Å². The highest BCUT2D eigenvalue weighted by atomic mass is 32.2. The smallest absolute Gasteiger partial charge is 0.265 e. The van der Waals surface area contributed by atoms with Crippen LogP contribution in [0.1, 0.15) is 29.8 Å². The number of allylic oxidation sites excluding steroid dienone is 1. The Balaban J connectivity index is 2.24. The van der Waals surface area contributed by atoms with Crippen molar-refractivity contribution in [3.05, 3.63) is 59.3 Å². The van der Waals surface area contributed by atoms with Crippen molar-refractivity contribution in [2.45, 2.75) is 24.8 Å². The fourth-order valence-corrected chi connectivity index (χ4v) is 4.83. The van der Waals surface area contributed by atoms with E-state index in [1.807, 2.05) is 0 Å². The number of ketones is 1. The van der Waals surface area contributed by atoms with Crippen LogP contribution in [0.5, 0.6) is 11.5 Å². The summed E-state index contributed by atoms with van der Waals surface area (Å²) in [5, 5.41) is 9.73. The average molecular weight is 373 g/mol. The summed E-state index contributed by atoms with van der Waals surface area (Å²) >= 11 is 0. The summed E-state index contributed by atoms with van der Waals surface area (Å²) in [6.07, 6.45) is 1.50. The van der Waals surface area contributed by atoms with E-state index >= 15 is 0 Å². The van der Waals surface area contributed by atoms with Gasteiger partial charge in [0, 0.05) is 11.6 Å². The quantitative estimate of drug-likeness (QED) is 0.836. The number of ether oxygens (including phenoxy) is 1. The first-order valence-electron chi connectivity index (χ1n) is 8.04. The molecule has 0 unspecified atom stereocenters. The number of hydrogen-bond donors (Lipinski definition) is 1. The van der Waals surface area contributed by atoms with Gasteiger partial charge in [0.1, 0.15) is 5.70 Å². The molecule has 2 aromatic rings. The number of aromatic hydroxyl groups is 1. The van der Waals surface area contributed by atoms with E-state index in [9.17, 15) is 18.3 Å². The number of nitrogens with zero attached hydrogens (tertiary/aromatic N) is 1. The summed E-state index contributed by atoms with van der Waals surface area (Å²) in [6.45, 7) is 3.42. The Morgan fingerprint density at radius 3 is 2.50 bits per heavy atom. The van der Waals surface area contributed by atoms with E-state index < -0.39 is 16.1 Å². The van der Waals surface area contributed by atoms with Crippen molar-refractivity contribution in [3.63, 3.8) is 0 Å².